The van der Waals surface area contributed by atoms with Crippen LogP contribution in [0.2, 0.25) is 0 Å². The predicted molar refractivity (Wildman–Crippen MR) is 336 cm³/mol. The number of carboxylic acid groups (broad SMARTS) is 1. The van der Waals surface area contributed by atoms with E-state index in [1.165, 1.54) is 39.5 Å². The lowest BCUT2D eigenvalue weighted by molar-refractivity contribution is -0.638. The van der Waals surface area contributed by atoms with Crippen LogP contribution < -0.4 is 44.0 Å². The summed E-state index contributed by atoms with van der Waals surface area (Å²) in [6.07, 6.45) is 7.41. The van der Waals surface area contributed by atoms with Crippen molar-refractivity contribution in [3.05, 3.63) is 165 Å². The number of nitrogens with one attached hydrogen (secondary N) is 2. The molecule has 5 aromatic carbocycles. The van der Waals surface area contributed by atoms with E-state index < -0.39 is 91.9 Å². The number of esters is 1. The third-order valence-corrected chi connectivity index (χ3v) is 17.7. The standard InChI is InChI=1S/C70H75F4N5O13/c1-9-48(44-32-59(88-6)63(90-8)60(33-44)89-7)65(82)79-28-11-10-15-55(79)67(85)92-56(24-16-41-17-25-57(86-4)58(29-41)87-5)42-13-12-14-47(30-42)91-36-61(80)75-26-27-76-64(81)43-18-21-49(66(83)84)52(31-43)62-50-22-19-45(77-37-69(71,72)38-77)34-53(50)68(2,3)54-35-46(20-23-51(54)62)78-39-70(73,74)40-78/h12-14,17-23,25,29-35,48,55-56H,9-11,15-16,24,26-28,36-40H2,1-8H3,(H2-,75,76,80,81,83,84)/p+1/t48-,55-,56+/m0/s1. The summed E-state index contributed by atoms with van der Waals surface area (Å²) in [5, 5.41) is 16.2. The molecule has 3 fully saturated rings. The number of benzene rings is 5. The van der Waals surface area contributed by atoms with E-state index in [4.69, 9.17) is 33.2 Å². The van der Waals surface area contributed by atoms with Crippen LogP contribution in [0.1, 0.15) is 119 Å². The first-order valence-electron chi connectivity index (χ1n) is 30.6. The van der Waals surface area contributed by atoms with E-state index in [9.17, 15) is 46.6 Å². The average molecular weight is 1270 g/mol. The van der Waals surface area contributed by atoms with Gasteiger partial charge in [-0.1, -0.05) is 45.0 Å². The Morgan fingerprint density at radius 3 is 2.12 bits per heavy atom. The number of hydrogen-bond acceptors (Lipinski definition) is 13. The first kappa shape index (κ1) is 65.6. The van der Waals surface area contributed by atoms with Crippen LogP contribution in [-0.2, 0) is 31.0 Å². The Bertz CT molecular complexity index is 3800. The minimum atomic E-state index is -2.85. The second-order valence-electron chi connectivity index (χ2n) is 24.0. The number of carbonyl (C=O) groups excluding carboxylic acids is 4. The number of aromatic carboxylic acids is 1. The fraction of sp³-hybridized carbons (Fsp3) is 0.400. The third kappa shape index (κ3) is 13.8. The maximum atomic E-state index is 14.6. The van der Waals surface area contributed by atoms with Crippen molar-refractivity contribution in [2.24, 2.45) is 0 Å². The van der Waals surface area contributed by atoms with Gasteiger partial charge in [0.05, 0.1) is 60.1 Å². The number of likely N-dealkylation sites (tertiary alicyclic amines) is 1. The van der Waals surface area contributed by atoms with Crippen LogP contribution in [0.5, 0.6) is 34.5 Å². The van der Waals surface area contributed by atoms with Crippen molar-refractivity contribution >= 4 is 46.6 Å². The summed E-state index contributed by atoms with van der Waals surface area (Å²) in [5.41, 5.74) is 5.63. The van der Waals surface area contributed by atoms with Crippen LogP contribution in [0.4, 0.5) is 23.2 Å². The lowest BCUT2D eigenvalue weighted by Crippen LogP contribution is -2.56. The number of anilines is 1. The molecular weight excluding hydrogens is 1190 g/mol. The molecule has 486 valence electrons. The van der Waals surface area contributed by atoms with Gasteiger partial charge in [0.1, 0.15) is 17.9 Å². The molecule has 92 heavy (non-hydrogen) atoms. The molecule has 2 aliphatic carbocycles. The molecule has 0 bridgehead atoms. The number of amides is 3. The zero-order chi connectivity index (χ0) is 65.8. The Morgan fingerprint density at radius 2 is 1.46 bits per heavy atom. The molecule has 0 radical (unpaired) electrons. The number of carbonyl (C=O) groups is 5. The van der Waals surface area contributed by atoms with Crippen LogP contribution in [0.25, 0.3) is 5.57 Å². The Kier molecular flexibility index (Phi) is 19.4. The molecule has 18 nitrogen and oxygen atoms in total. The second kappa shape index (κ2) is 27.2. The van der Waals surface area contributed by atoms with Gasteiger partial charge in [-0.3, -0.25) is 14.4 Å². The van der Waals surface area contributed by atoms with Crippen LogP contribution in [0.3, 0.4) is 0 Å². The molecule has 10 rings (SSSR count). The molecule has 3 heterocycles. The molecule has 22 heteroatoms. The maximum Gasteiger partial charge on any atom is 0.361 e. The van der Waals surface area contributed by atoms with Crippen molar-refractivity contribution < 1.29 is 84.4 Å². The highest BCUT2D eigenvalue weighted by atomic mass is 19.3. The van der Waals surface area contributed by atoms with Crippen molar-refractivity contribution in [1.82, 2.24) is 15.5 Å². The lowest BCUT2D eigenvalue weighted by atomic mass is 9.64. The molecule has 3 aliphatic heterocycles. The number of rotatable bonds is 24. The van der Waals surface area contributed by atoms with Crippen LogP contribution in [-0.4, -0.2) is 156 Å². The van der Waals surface area contributed by atoms with Gasteiger partial charge in [0.25, 0.3) is 17.7 Å². The van der Waals surface area contributed by atoms with E-state index in [-0.39, 0.29) is 35.7 Å². The summed E-state index contributed by atoms with van der Waals surface area (Å²) >= 11 is 0. The molecule has 3 atom stereocenters. The molecule has 3 N–H and O–H groups in total. The summed E-state index contributed by atoms with van der Waals surface area (Å²) in [6, 6.07) is 24.5. The predicted octanol–water partition coefficient (Wildman–Crippen LogP) is 10.3. The molecule has 3 saturated heterocycles. The number of aryl methyl sites for hydroxylation is 1. The normalized spacial score (nSPS) is 18.1. The van der Waals surface area contributed by atoms with Crippen molar-refractivity contribution in [2.75, 3.05) is 92.9 Å². The quantitative estimate of drug-likeness (QED) is 0.0228. The lowest BCUT2D eigenvalue weighted by Gasteiger charge is -2.43. The Labute approximate surface area is 531 Å². The highest BCUT2D eigenvalue weighted by Gasteiger charge is 2.52. The van der Waals surface area contributed by atoms with Gasteiger partial charge in [0, 0.05) is 48.5 Å². The molecule has 0 saturated carbocycles. The number of alkyl halides is 4. The van der Waals surface area contributed by atoms with Gasteiger partial charge in [0.15, 0.2) is 29.6 Å². The fourth-order valence-electron chi connectivity index (χ4n) is 12.8. The number of methoxy groups -OCH3 is 5. The number of carboxylic acids is 1. The minimum Gasteiger partial charge on any atom is -0.493 e. The number of hydrogen-bond donors (Lipinski definition) is 3. The zero-order valence-corrected chi connectivity index (χ0v) is 52.7. The van der Waals surface area contributed by atoms with E-state index in [1.807, 2.05) is 45.0 Å². The monoisotopic (exact) mass is 1270 g/mol. The smallest absolute Gasteiger partial charge is 0.361 e. The number of ether oxygens (including phenoxy) is 7. The molecule has 0 spiro atoms. The average Bonchev–Trinajstić information content (AvgIpc) is 0.714. The highest BCUT2D eigenvalue weighted by Crippen LogP contribution is 2.52. The van der Waals surface area contributed by atoms with Crippen molar-refractivity contribution in [3.8, 4) is 34.5 Å². The number of nitrogens with zero attached hydrogens (tertiary/aromatic N) is 3. The van der Waals surface area contributed by atoms with Gasteiger partial charge in [-0.05, 0) is 161 Å². The van der Waals surface area contributed by atoms with Crippen LogP contribution in [0, 0.1) is 0 Å². The summed E-state index contributed by atoms with van der Waals surface area (Å²) < 4.78 is 98.4. The Morgan fingerprint density at radius 1 is 0.739 bits per heavy atom. The number of piperidine rings is 1. The number of allylic oxidation sites excluding steroid dienone is 5. The summed E-state index contributed by atoms with van der Waals surface area (Å²) in [5.74, 6) is -6.94. The largest absolute Gasteiger partial charge is 0.493 e. The van der Waals surface area contributed by atoms with Crippen molar-refractivity contribution in [2.45, 2.75) is 94.6 Å². The molecule has 3 amide bonds. The Balaban J connectivity index is 0.822. The SMILES string of the molecule is CC[C@H](C(=O)N1CCCC[C@H]1C(=O)O[C@H](CCc1ccc(OC)c(OC)c1)c1cccc(OCC(=O)NCCNC(=O)c2ccc(C(=O)O)c(C3=C4C=CC(=[N+]5CC(F)(F)C5)C=C4C(C)(C)c4cc(N5CC(F)(F)C5)ccc43)c2)c1)c1cc(OC)c(OC)c(OC)c1. The van der Waals surface area contributed by atoms with E-state index >= 15 is 0 Å². The topological polar surface area (TPSA) is 204 Å². The first-order valence-corrected chi connectivity index (χ1v) is 30.6. The summed E-state index contributed by atoms with van der Waals surface area (Å²) in [4.78, 5) is 72.7. The zero-order valence-electron chi connectivity index (χ0n) is 52.7. The Hall–Kier alpha value is -9.34. The van der Waals surface area contributed by atoms with Gasteiger partial charge in [-0.2, -0.15) is 8.78 Å². The molecule has 5 aromatic rings. The maximum absolute atomic E-state index is 14.6. The molecule has 0 unspecified atom stereocenters. The second-order valence-corrected chi connectivity index (χ2v) is 24.0. The van der Waals surface area contributed by atoms with Crippen molar-refractivity contribution in [3.63, 3.8) is 0 Å². The van der Waals surface area contributed by atoms with Gasteiger partial charge in [-0.25, -0.2) is 22.9 Å². The third-order valence-electron chi connectivity index (χ3n) is 17.7. The number of halogens is 4. The van der Waals surface area contributed by atoms with E-state index in [0.717, 1.165) is 5.56 Å². The van der Waals surface area contributed by atoms with E-state index in [2.05, 4.69) is 10.6 Å². The molecule has 0 aromatic heterocycles. The van der Waals surface area contributed by atoms with E-state index in [1.54, 1.807) is 95.3 Å². The van der Waals surface area contributed by atoms with Gasteiger partial charge < -0.3 is 58.7 Å². The van der Waals surface area contributed by atoms with Crippen LogP contribution >= 0.6 is 0 Å². The summed E-state index contributed by atoms with van der Waals surface area (Å²) in [6.45, 7) is 3.77. The number of fused-ring (bicyclic) bond motifs is 2. The molecular formula is C70H76F4N5O13+. The fourth-order valence-corrected chi connectivity index (χ4v) is 12.8. The first-order chi connectivity index (χ1) is 44.0. The van der Waals surface area contributed by atoms with Crippen LogP contribution in [0.15, 0.2) is 120 Å². The summed E-state index contributed by atoms with van der Waals surface area (Å²) in [7, 11) is 7.61. The van der Waals surface area contributed by atoms with Gasteiger partial charge in [0.2, 0.25) is 30.5 Å². The molecule has 5 aliphatic rings. The minimum absolute atomic E-state index is 0.0197. The van der Waals surface area contributed by atoms with E-state index in [0.29, 0.717) is 130 Å². The van der Waals surface area contributed by atoms with Crippen molar-refractivity contribution in [1.29, 1.82) is 0 Å². The highest BCUT2D eigenvalue weighted by molar-refractivity contribution is 6.09. The van der Waals surface area contributed by atoms with Gasteiger partial charge in [-0.15, -0.1) is 0 Å². The van der Waals surface area contributed by atoms with Gasteiger partial charge >= 0.3 is 17.9 Å².